The Hall–Kier alpha value is -2.37. The zero-order valence-electron chi connectivity index (χ0n) is 14.2. The Balaban J connectivity index is 2.78. The summed E-state index contributed by atoms with van der Waals surface area (Å²) in [5, 5.41) is 8.96. The van der Waals surface area contributed by atoms with Crippen molar-refractivity contribution in [1.82, 2.24) is 9.80 Å². The van der Waals surface area contributed by atoms with Gasteiger partial charge in [0.05, 0.1) is 0 Å². The molecular formula is C17H24N2O4. The van der Waals surface area contributed by atoms with Crippen LogP contribution in [-0.2, 0) is 16.1 Å². The highest BCUT2D eigenvalue weighted by molar-refractivity contribution is 5.96. The maximum atomic E-state index is 12.2. The maximum absolute atomic E-state index is 12.2. The Bertz CT molecular complexity index is 581. The summed E-state index contributed by atoms with van der Waals surface area (Å²) in [6.07, 6.45) is 0. The van der Waals surface area contributed by atoms with Gasteiger partial charge >= 0.3 is 5.97 Å². The van der Waals surface area contributed by atoms with Crippen molar-refractivity contribution in [3.05, 3.63) is 35.4 Å². The number of carbonyl (C=O) groups is 3. The molecule has 0 radical (unpaired) electrons. The monoisotopic (exact) mass is 320 g/mol. The van der Waals surface area contributed by atoms with Crippen molar-refractivity contribution in [2.24, 2.45) is 5.92 Å². The Morgan fingerprint density at radius 1 is 1.04 bits per heavy atom. The number of carboxylic acids is 1. The van der Waals surface area contributed by atoms with Gasteiger partial charge in [0, 0.05) is 32.1 Å². The number of hydrogen-bond donors (Lipinski definition) is 1. The first-order valence-corrected chi connectivity index (χ1v) is 7.49. The predicted octanol–water partition coefficient (Wildman–Crippen LogP) is 1.85. The number of carboxylic acid groups (broad SMARTS) is 1. The fourth-order valence-corrected chi connectivity index (χ4v) is 2.09. The zero-order valence-corrected chi connectivity index (χ0v) is 14.2. The number of likely N-dealkylation sites (N-methyl/N-ethyl adjacent to an activating group) is 1. The van der Waals surface area contributed by atoms with E-state index in [1.54, 1.807) is 36.2 Å². The molecule has 2 amide bonds. The van der Waals surface area contributed by atoms with Crippen LogP contribution in [0.15, 0.2) is 24.3 Å². The molecule has 0 aromatic heterocycles. The molecule has 126 valence electrons. The minimum atomic E-state index is -1.05. The van der Waals surface area contributed by atoms with E-state index in [-0.39, 0.29) is 17.7 Å². The van der Waals surface area contributed by atoms with Gasteiger partial charge in [-0.2, -0.15) is 0 Å². The highest BCUT2D eigenvalue weighted by Crippen LogP contribution is 2.12. The average molecular weight is 320 g/mol. The molecule has 1 rings (SSSR count). The second-order valence-corrected chi connectivity index (χ2v) is 5.98. The molecule has 0 saturated heterocycles. The van der Waals surface area contributed by atoms with Crippen LogP contribution in [0.5, 0.6) is 0 Å². The van der Waals surface area contributed by atoms with E-state index in [0.717, 1.165) is 5.56 Å². The van der Waals surface area contributed by atoms with Gasteiger partial charge in [0.25, 0.3) is 5.91 Å². The summed E-state index contributed by atoms with van der Waals surface area (Å²) in [4.78, 5) is 37.8. The highest BCUT2D eigenvalue weighted by atomic mass is 16.4. The molecule has 1 atom stereocenters. The molecule has 0 heterocycles. The average Bonchev–Trinajstić information content (AvgIpc) is 2.52. The van der Waals surface area contributed by atoms with Crippen molar-refractivity contribution in [3.8, 4) is 0 Å². The summed E-state index contributed by atoms with van der Waals surface area (Å²) in [5.74, 6) is -1.41. The van der Waals surface area contributed by atoms with E-state index in [2.05, 4.69) is 0 Å². The van der Waals surface area contributed by atoms with E-state index in [4.69, 9.17) is 5.11 Å². The molecule has 23 heavy (non-hydrogen) atoms. The second kappa shape index (κ2) is 7.76. The fourth-order valence-electron chi connectivity index (χ4n) is 2.09. The van der Waals surface area contributed by atoms with Crippen LogP contribution in [0.1, 0.15) is 36.7 Å². The van der Waals surface area contributed by atoms with E-state index in [0.29, 0.717) is 12.1 Å². The summed E-state index contributed by atoms with van der Waals surface area (Å²) in [5.41, 5.74) is 1.33. The summed E-state index contributed by atoms with van der Waals surface area (Å²) in [6.45, 7) is 5.62. The summed E-state index contributed by atoms with van der Waals surface area (Å²) in [6, 6.07) is 5.96. The Morgan fingerprint density at radius 2 is 1.57 bits per heavy atom. The van der Waals surface area contributed by atoms with Crippen molar-refractivity contribution >= 4 is 17.8 Å². The second-order valence-electron chi connectivity index (χ2n) is 5.98. The lowest BCUT2D eigenvalue weighted by Gasteiger charge is -2.22. The lowest BCUT2D eigenvalue weighted by Crippen LogP contribution is -2.40. The molecule has 0 fully saturated rings. The Labute approximate surface area is 136 Å². The van der Waals surface area contributed by atoms with Crippen LogP contribution in [0.2, 0.25) is 0 Å². The van der Waals surface area contributed by atoms with Gasteiger partial charge in [-0.15, -0.1) is 0 Å². The van der Waals surface area contributed by atoms with E-state index < -0.39 is 12.0 Å². The standard InChI is InChI=1S/C17H24N2O4/c1-11(2)15(20)18(4)10-13-6-8-14(9-7-13)16(21)19(5)12(3)17(22)23/h6-9,11-12H,10H2,1-5H3,(H,22,23). The van der Waals surface area contributed by atoms with Gasteiger partial charge in [-0.1, -0.05) is 26.0 Å². The molecule has 1 unspecified atom stereocenters. The first-order chi connectivity index (χ1) is 10.6. The summed E-state index contributed by atoms with van der Waals surface area (Å²) >= 11 is 0. The third-order valence-electron chi connectivity index (χ3n) is 3.75. The molecule has 6 heteroatoms. The molecule has 0 spiro atoms. The number of amides is 2. The van der Waals surface area contributed by atoms with Gasteiger partial charge in [0.1, 0.15) is 6.04 Å². The fraction of sp³-hybridized carbons (Fsp3) is 0.471. The Morgan fingerprint density at radius 3 is 2.00 bits per heavy atom. The first-order valence-electron chi connectivity index (χ1n) is 7.49. The molecule has 1 aromatic rings. The first kappa shape index (κ1) is 18.7. The van der Waals surface area contributed by atoms with Crippen LogP contribution in [0.4, 0.5) is 0 Å². The molecule has 0 aliphatic heterocycles. The smallest absolute Gasteiger partial charge is 0.326 e. The minimum Gasteiger partial charge on any atom is -0.480 e. The van der Waals surface area contributed by atoms with E-state index in [1.807, 2.05) is 13.8 Å². The van der Waals surface area contributed by atoms with Crippen molar-refractivity contribution in [3.63, 3.8) is 0 Å². The third-order valence-corrected chi connectivity index (χ3v) is 3.75. The molecule has 6 nitrogen and oxygen atoms in total. The molecule has 1 aromatic carbocycles. The van der Waals surface area contributed by atoms with Crippen LogP contribution in [0.25, 0.3) is 0 Å². The van der Waals surface area contributed by atoms with E-state index in [1.165, 1.54) is 18.9 Å². The summed E-state index contributed by atoms with van der Waals surface area (Å²) < 4.78 is 0. The number of aliphatic carboxylic acids is 1. The van der Waals surface area contributed by atoms with Gasteiger partial charge in [-0.3, -0.25) is 9.59 Å². The quantitative estimate of drug-likeness (QED) is 0.867. The van der Waals surface area contributed by atoms with Crippen molar-refractivity contribution in [2.45, 2.75) is 33.4 Å². The van der Waals surface area contributed by atoms with Gasteiger partial charge in [-0.05, 0) is 24.6 Å². The Kier molecular flexibility index (Phi) is 6.30. The lowest BCUT2D eigenvalue weighted by molar-refractivity contribution is -0.141. The molecule has 0 saturated carbocycles. The number of hydrogen-bond acceptors (Lipinski definition) is 3. The van der Waals surface area contributed by atoms with Gasteiger partial charge < -0.3 is 14.9 Å². The molecule has 0 bridgehead atoms. The topological polar surface area (TPSA) is 77.9 Å². The predicted molar refractivity (Wildman–Crippen MR) is 86.9 cm³/mol. The van der Waals surface area contributed by atoms with Crippen LogP contribution in [0.3, 0.4) is 0 Å². The van der Waals surface area contributed by atoms with Crippen LogP contribution >= 0.6 is 0 Å². The number of benzene rings is 1. The molecular weight excluding hydrogens is 296 g/mol. The zero-order chi connectivity index (χ0) is 17.7. The SMILES string of the molecule is CC(C)C(=O)N(C)Cc1ccc(C(=O)N(C)C(C)C(=O)O)cc1. The number of carbonyl (C=O) groups excluding carboxylic acids is 2. The largest absolute Gasteiger partial charge is 0.480 e. The van der Waals surface area contributed by atoms with E-state index in [9.17, 15) is 14.4 Å². The molecule has 0 aliphatic rings. The van der Waals surface area contributed by atoms with Gasteiger partial charge in [0.2, 0.25) is 5.91 Å². The van der Waals surface area contributed by atoms with Gasteiger partial charge in [0.15, 0.2) is 0 Å². The minimum absolute atomic E-state index is 0.0557. The lowest BCUT2D eigenvalue weighted by atomic mass is 10.1. The van der Waals surface area contributed by atoms with Crippen molar-refractivity contribution < 1.29 is 19.5 Å². The van der Waals surface area contributed by atoms with Gasteiger partial charge in [-0.25, -0.2) is 4.79 Å². The van der Waals surface area contributed by atoms with Crippen molar-refractivity contribution in [1.29, 1.82) is 0 Å². The van der Waals surface area contributed by atoms with Crippen molar-refractivity contribution in [2.75, 3.05) is 14.1 Å². The number of nitrogens with zero attached hydrogens (tertiary/aromatic N) is 2. The molecule has 1 N–H and O–H groups in total. The van der Waals surface area contributed by atoms with Crippen LogP contribution in [-0.4, -0.2) is 52.8 Å². The maximum Gasteiger partial charge on any atom is 0.326 e. The summed E-state index contributed by atoms with van der Waals surface area (Å²) in [7, 11) is 3.20. The highest BCUT2D eigenvalue weighted by Gasteiger charge is 2.22. The van der Waals surface area contributed by atoms with E-state index >= 15 is 0 Å². The number of rotatable bonds is 6. The van der Waals surface area contributed by atoms with Crippen LogP contribution < -0.4 is 0 Å². The normalized spacial score (nSPS) is 11.9. The third kappa shape index (κ3) is 4.81. The van der Waals surface area contributed by atoms with Crippen LogP contribution in [0, 0.1) is 5.92 Å². The molecule has 0 aliphatic carbocycles.